The third kappa shape index (κ3) is 3.66. The normalized spacial score (nSPS) is 18.5. The first-order valence-electron chi connectivity index (χ1n) is 7.68. The Morgan fingerprint density at radius 3 is 2.64 bits per heavy atom. The van der Waals surface area contributed by atoms with E-state index < -0.39 is 0 Å². The zero-order valence-corrected chi connectivity index (χ0v) is 13.4. The number of aliphatic hydroxyl groups excluding tert-OH is 1. The van der Waals surface area contributed by atoms with Gasteiger partial charge < -0.3 is 5.11 Å². The molecular formula is C16H21ClN4O. The molecular weight excluding hydrogens is 300 g/mol. The Bertz CT molecular complexity index is 605. The molecule has 0 saturated carbocycles. The molecule has 6 heteroatoms. The Labute approximate surface area is 135 Å². The third-order valence-corrected chi connectivity index (χ3v) is 4.50. The van der Waals surface area contributed by atoms with Crippen molar-refractivity contribution in [3.63, 3.8) is 0 Å². The quantitative estimate of drug-likeness (QED) is 0.940. The fraction of sp³-hybridized carbons (Fsp3) is 0.500. The van der Waals surface area contributed by atoms with Crippen molar-refractivity contribution in [3.05, 3.63) is 46.7 Å². The molecule has 1 saturated heterocycles. The second-order valence-corrected chi connectivity index (χ2v) is 6.36. The molecule has 1 N–H and O–H groups in total. The summed E-state index contributed by atoms with van der Waals surface area (Å²) < 4.78 is 1.89. The fourth-order valence-electron chi connectivity index (χ4n) is 2.78. The highest BCUT2D eigenvalue weighted by Crippen LogP contribution is 2.20. The SMILES string of the molecule is C[C@@H](c1ccc(Cl)cc1)n1cc(CN2CCC(O)CC2)nn1. The zero-order chi connectivity index (χ0) is 15.5. The number of hydrogen-bond donors (Lipinski definition) is 1. The monoisotopic (exact) mass is 320 g/mol. The third-order valence-electron chi connectivity index (χ3n) is 4.25. The van der Waals surface area contributed by atoms with Crippen molar-refractivity contribution in [1.29, 1.82) is 0 Å². The Morgan fingerprint density at radius 1 is 1.27 bits per heavy atom. The molecule has 2 heterocycles. The van der Waals surface area contributed by atoms with E-state index in [-0.39, 0.29) is 12.1 Å². The number of aliphatic hydroxyl groups is 1. The lowest BCUT2D eigenvalue weighted by atomic mass is 10.1. The van der Waals surface area contributed by atoms with Crippen LogP contribution in [0.4, 0.5) is 0 Å². The van der Waals surface area contributed by atoms with Gasteiger partial charge in [-0.1, -0.05) is 28.9 Å². The Morgan fingerprint density at radius 2 is 1.95 bits per heavy atom. The van der Waals surface area contributed by atoms with Gasteiger partial charge in [-0.05, 0) is 37.5 Å². The van der Waals surface area contributed by atoms with Gasteiger partial charge in [-0.3, -0.25) is 4.90 Å². The molecule has 1 atom stereocenters. The first kappa shape index (κ1) is 15.5. The average molecular weight is 321 g/mol. The van der Waals surface area contributed by atoms with Crippen LogP contribution in [0.25, 0.3) is 0 Å². The van der Waals surface area contributed by atoms with Crippen LogP contribution in [0.1, 0.15) is 37.1 Å². The zero-order valence-electron chi connectivity index (χ0n) is 12.7. The van der Waals surface area contributed by atoms with Gasteiger partial charge in [-0.25, -0.2) is 4.68 Å². The summed E-state index contributed by atoms with van der Waals surface area (Å²) in [5.41, 5.74) is 2.12. The molecule has 1 aliphatic rings. The van der Waals surface area contributed by atoms with Crippen molar-refractivity contribution in [2.75, 3.05) is 13.1 Å². The van der Waals surface area contributed by atoms with Gasteiger partial charge in [0.25, 0.3) is 0 Å². The van der Waals surface area contributed by atoms with Crippen LogP contribution in [-0.2, 0) is 6.54 Å². The lowest BCUT2D eigenvalue weighted by Crippen LogP contribution is -2.35. The molecule has 0 amide bonds. The topological polar surface area (TPSA) is 54.2 Å². The molecule has 22 heavy (non-hydrogen) atoms. The molecule has 0 bridgehead atoms. The van der Waals surface area contributed by atoms with Crippen molar-refractivity contribution in [1.82, 2.24) is 19.9 Å². The molecule has 1 fully saturated rings. The minimum Gasteiger partial charge on any atom is -0.393 e. The molecule has 0 unspecified atom stereocenters. The minimum absolute atomic E-state index is 0.127. The molecule has 1 aliphatic heterocycles. The maximum absolute atomic E-state index is 9.55. The molecule has 0 spiro atoms. The number of likely N-dealkylation sites (tertiary alicyclic amines) is 1. The average Bonchev–Trinajstić information content (AvgIpc) is 2.98. The summed E-state index contributed by atoms with van der Waals surface area (Å²) in [6, 6.07) is 7.94. The predicted octanol–water partition coefficient (Wildman–Crippen LogP) is 2.50. The van der Waals surface area contributed by atoms with Gasteiger partial charge in [-0.2, -0.15) is 0 Å². The Balaban J connectivity index is 1.64. The van der Waals surface area contributed by atoms with Crippen LogP contribution in [0, 0.1) is 0 Å². The molecule has 5 nitrogen and oxygen atoms in total. The van der Waals surface area contributed by atoms with Crippen molar-refractivity contribution >= 4 is 11.6 Å². The van der Waals surface area contributed by atoms with E-state index in [4.69, 9.17) is 11.6 Å². The van der Waals surface area contributed by atoms with Crippen molar-refractivity contribution < 1.29 is 5.11 Å². The number of benzene rings is 1. The van der Waals surface area contributed by atoms with E-state index in [9.17, 15) is 5.11 Å². The number of rotatable bonds is 4. The van der Waals surface area contributed by atoms with E-state index in [1.165, 1.54) is 0 Å². The lowest BCUT2D eigenvalue weighted by molar-refractivity contribution is 0.0786. The summed E-state index contributed by atoms with van der Waals surface area (Å²) in [5.74, 6) is 0. The highest BCUT2D eigenvalue weighted by molar-refractivity contribution is 6.30. The molecule has 1 aromatic carbocycles. The molecule has 3 rings (SSSR count). The van der Waals surface area contributed by atoms with Gasteiger partial charge in [0.1, 0.15) is 0 Å². The summed E-state index contributed by atoms with van der Waals surface area (Å²) >= 11 is 5.93. The summed E-state index contributed by atoms with van der Waals surface area (Å²) in [6.45, 7) is 4.72. The van der Waals surface area contributed by atoms with Gasteiger partial charge >= 0.3 is 0 Å². The first-order valence-corrected chi connectivity index (χ1v) is 8.06. The van der Waals surface area contributed by atoms with Gasteiger partial charge in [0.15, 0.2) is 0 Å². The van der Waals surface area contributed by atoms with Crippen molar-refractivity contribution in [2.24, 2.45) is 0 Å². The number of piperidine rings is 1. The van der Waals surface area contributed by atoms with Gasteiger partial charge in [0, 0.05) is 24.7 Å². The predicted molar refractivity (Wildman–Crippen MR) is 85.8 cm³/mol. The lowest BCUT2D eigenvalue weighted by Gasteiger charge is -2.28. The number of nitrogens with zero attached hydrogens (tertiary/aromatic N) is 4. The molecule has 1 aromatic heterocycles. The second-order valence-electron chi connectivity index (χ2n) is 5.92. The summed E-state index contributed by atoms with van der Waals surface area (Å²) in [7, 11) is 0. The van der Waals surface area contributed by atoms with Crippen LogP contribution < -0.4 is 0 Å². The van der Waals surface area contributed by atoms with Crippen LogP contribution in [-0.4, -0.2) is 44.2 Å². The van der Waals surface area contributed by atoms with E-state index in [2.05, 4.69) is 22.1 Å². The standard InChI is InChI=1S/C16H21ClN4O/c1-12(13-2-4-14(17)5-3-13)21-11-15(18-19-21)10-20-8-6-16(22)7-9-20/h2-5,11-12,16,22H,6-10H2,1H3/t12-/m0/s1. The number of aromatic nitrogens is 3. The molecule has 0 aliphatic carbocycles. The van der Waals surface area contributed by atoms with Gasteiger partial charge in [0.05, 0.1) is 24.0 Å². The smallest absolute Gasteiger partial charge is 0.0967 e. The van der Waals surface area contributed by atoms with E-state index in [1.807, 2.05) is 35.1 Å². The van der Waals surface area contributed by atoms with E-state index in [0.29, 0.717) is 0 Å². The Kier molecular flexibility index (Phi) is 4.76. The van der Waals surface area contributed by atoms with E-state index in [1.54, 1.807) is 0 Å². The summed E-state index contributed by atoms with van der Waals surface area (Å²) in [5, 5.41) is 18.8. The van der Waals surface area contributed by atoms with Gasteiger partial charge in [0.2, 0.25) is 0 Å². The van der Waals surface area contributed by atoms with E-state index >= 15 is 0 Å². The van der Waals surface area contributed by atoms with Crippen LogP contribution in [0.2, 0.25) is 5.02 Å². The molecule has 2 aromatic rings. The van der Waals surface area contributed by atoms with Crippen LogP contribution in [0.3, 0.4) is 0 Å². The van der Waals surface area contributed by atoms with Crippen LogP contribution in [0.15, 0.2) is 30.5 Å². The van der Waals surface area contributed by atoms with Crippen molar-refractivity contribution in [2.45, 2.75) is 38.5 Å². The first-order chi connectivity index (χ1) is 10.6. The number of hydrogen-bond acceptors (Lipinski definition) is 4. The van der Waals surface area contributed by atoms with Crippen LogP contribution >= 0.6 is 11.6 Å². The summed E-state index contributed by atoms with van der Waals surface area (Å²) in [6.07, 6.45) is 3.55. The second kappa shape index (κ2) is 6.77. The largest absolute Gasteiger partial charge is 0.393 e. The maximum Gasteiger partial charge on any atom is 0.0967 e. The molecule has 0 radical (unpaired) electrons. The highest BCUT2D eigenvalue weighted by atomic mass is 35.5. The van der Waals surface area contributed by atoms with Gasteiger partial charge in [-0.15, -0.1) is 5.10 Å². The molecule has 118 valence electrons. The Hall–Kier alpha value is -1.43. The fourth-order valence-corrected chi connectivity index (χ4v) is 2.90. The highest BCUT2D eigenvalue weighted by Gasteiger charge is 2.18. The minimum atomic E-state index is -0.142. The van der Waals surface area contributed by atoms with Crippen LogP contribution in [0.5, 0.6) is 0 Å². The summed E-state index contributed by atoms with van der Waals surface area (Å²) in [4.78, 5) is 2.31. The van der Waals surface area contributed by atoms with E-state index in [0.717, 1.165) is 48.8 Å². The van der Waals surface area contributed by atoms with Crippen molar-refractivity contribution in [3.8, 4) is 0 Å². The maximum atomic E-state index is 9.55. The number of halogens is 1.